The van der Waals surface area contributed by atoms with Gasteiger partial charge in [0, 0.05) is 49.9 Å². The number of likely N-dealkylation sites (tertiary alicyclic amines) is 1. The number of unbranched alkanes of at least 4 members (excludes halogenated alkanes) is 1. The number of methoxy groups -OCH3 is 2. The van der Waals surface area contributed by atoms with Gasteiger partial charge in [0.25, 0.3) is 5.91 Å². The lowest BCUT2D eigenvalue weighted by atomic mass is 9.98. The molecular formula is C41H44ClN4O3+. The summed E-state index contributed by atoms with van der Waals surface area (Å²) in [7, 11) is 3.20. The third-order valence-electron chi connectivity index (χ3n) is 9.33. The van der Waals surface area contributed by atoms with Gasteiger partial charge < -0.3 is 20.5 Å². The molecule has 4 aromatic carbocycles. The summed E-state index contributed by atoms with van der Waals surface area (Å²) in [5, 5.41) is 3.46. The summed E-state index contributed by atoms with van der Waals surface area (Å²) in [4.78, 5) is 15.9. The van der Waals surface area contributed by atoms with Crippen LogP contribution in [0, 0.1) is 0 Å². The maximum Gasteiger partial charge on any atom is 0.256 e. The number of carbonyl (C=O) groups excluding carboxylic acids is 1. The lowest BCUT2D eigenvalue weighted by Crippen LogP contribution is -2.58. The second-order valence-electron chi connectivity index (χ2n) is 12.4. The number of anilines is 1. The Balaban J connectivity index is 1.25. The molecule has 0 saturated carbocycles. The van der Waals surface area contributed by atoms with Crippen LogP contribution in [0.3, 0.4) is 0 Å². The molecule has 1 aromatic heterocycles. The number of nitrogen functional groups attached to an aromatic ring is 1. The zero-order valence-electron chi connectivity index (χ0n) is 28.1. The Morgan fingerprint density at radius 1 is 0.837 bits per heavy atom. The summed E-state index contributed by atoms with van der Waals surface area (Å²) in [5.41, 5.74) is 13.8. The molecule has 49 heavy (non-hydrogen) atoms. The number of nitrogens with one attached hydrogen (secondary N) is 1. The van der Waals surface area contributed by atoms with Crippen LogP contribution in [0.25, 0.3) is 33.6 Å². The number of benzene rings is 4. The van der Waals surface area contributed by atoms with Gasteiger partial charge in [-0.25, -0.2) is 0 Å². The van der Waals surface area contributed by atoms with Gasteiger partial charge in [-0.1, -0.05) is 78.3 Å². The molecule has 1 saturated heterocycles. The predicted octanol–water partition coefficient (Wildman–Crippen LogP) is 7.87. The lowest BCUT2D eigenvalue weighted by molar-refractivity contribution is -0.675. The van der Waals surface area contributed by atoms with Crippen molar-refractivity contribution in [3.8, 4) is 39.4 Å². The third-order valence-corrected chi connectivity index (χ3v) is 9.72. The van der Waals surface area contributed by atoms with Crippen LogP contribution in [0.5, 0.6) is 5.75 Å². The Hall–Kier alpha value is -4.69. The number of nitrogens with zero attached hydrogens (tertiary/aromatic N) is 2. The van der Waals surface area contributed by atoms with E-state index in [0.29, 0.717) is 11.3 Å². The Bertz CT molecular complexity index is 1790. The third kappa shape index (κ3) is 7.81. The van der Waals surface area contributed by atoms with E-state index in [1.165, 1.54) is 40.8 Å². The first-order valence-corrected chi connectivity index (χ1v) is 17.3. The summed E-state index contributed by atoms with van der Waals surface area (Å²) in [5.74, 6) is 0.000934. The van der Waals surface area contributed by atoms with Crippen molar-refractivity contribution in [2.24, 2.45) is 0 Å². The number of halogens is 1. The summed E-state index contributed by atoms with van der Waals surface area (Å²) in [6.45, 7) is 2.52. The lowest BCUT2D eigenvalue weighted by Gasteiger charge is -2.41. The van der Waals surface area contributed by atoms with E-state index in [0.717, 1.165) is 45.3 Å². The molecule has 5 aromatic rings. The molecule has 0 radical (unpaired) electrons. The van der Waals surface area contributed by atoms with Crippen molar-refractivity contribution in [3.05, 3.63) is 126 Å². The van der Waals surface area contributed by atoms with Crippen LogP contribution in [0.1, 0.15) is 36.0 Å². The number of ether oxygens (including phenoxy) is 2. The first kappa shape index (κ1) is 34.2. The van der Waals surface area contributed by atoms with E-state index < -0.39 is 0 Å². The average molecular weight is 676 g/mol. The fourth-order valence-corrected chi connectivity index (χ4v) is 7.05. The molecule has 2 heterocycles. The minimum Gasteiger partial charge on any atom is -0.494 e. The molecule has 2 atom stereocenters. The average Bonchev–Trinajstić information content (AvgIpc) is 3.15. The van der Waals surface area contributed by atoms with Crippen LogP contribution < -0.4 is 20.4 Å². The number of pyridine rings is 1. The van der Waals surface area contributed by atoms with Gasteiger partial charge in [0.05, 0.1) is 24.5 Å². The molecule has 1 aliphatic heterocycles. The Morgan fingerprint density at radius 3 is 2.00 bits per heavy atom. The van der Waals surface area contributed by atoms with E-state index in [1.807, 2.05) is 0 Å². The normalized spacial score (nSPS) is 16.3. The standard InChI is InChI=1S/C41H43ClN4O3/c1-48-37-21-14-25-45(40(37)44-41(47)33-22-23-34(43)38(42)39(33)49-2)24-12-13-26-46-35(30-17-8-4-9-18-30)27-32(29-15-6-3-7-16-29)28-36(46)31-19-10-5-11-20-31/h3-11,15-20,22-23,27-28,37,40H,12-14,21,24-26H2,1-2H3,(H2-,43,44,47)/p+1. The Labute approximate surface area is 294 Å². The highest BCUT2D eigenvalue weighted by Gasteiger charge is 2.34. The summed E-state index contributed by atoms with van der Waals surface area (Å²) in [6.07, 6.45) is 3.32. The molecule has 0 aliphatic carbocycles. The first-order chi connectivity index (χ1) is 24.0. The van der Waals surface area contributed by atoms with Crippen molar-refractivity contribution in [1.82, 2.24) is 10.2 Å². The maximum atomic E-state index is 13.6. The number of hydrogen-bond donors (Lipinski definition) is 2. The number of amides is 1. The quantitative estimate of drug-likeness (QED) is 0.0800. The van der Waals surface area contributed by atoms with Crippen molar-refractivity contribution in [3.63, 3.8) is 0 Å². The highest BCUT2D eigenvalue weighted by atomic mass is 35.5. The van der Waals surface area contributed by atoms with Gasteiger partial charge in [-0.15, -0.1) is 0 Å². The SMILES string of the molecule is COc1c(C(=O)NC2C(OC)CCCN2CCCC[n+]2c(-c3ccccc3)cc(-c3ccccc3)cc2-c2ccccc2)ccc(N)c1Cl. The Morgan fingerprint density at radius 2 is 1.43 bits per heavy atom. The van der Waals surface area contributed by atoms with Crippen molar-refractivity contribution < 1.29 is 18.8 Å². The van der Waals surface area contributed by atoms with Gasteiger partial charge in [0.15, 0.2) is 5.75 Å². The Kier molecular flexibility index (Phi) is 11.3. The highest BCUT2D eigenvalue weighted by Crippen LogP contribution is 2.34. The fourth-order valence-electron chi connectivity index (χ4n) is 6.81. The van der Waals surface area contributed by atoms with Crippen molar-refractivity contribution in [2.45, 2.75) is 44.5 Å². The topological polar surface area (TPSA) is 80.7 Å². The summed E-state index contributed by atoms with van der Waals surface area (Å²) < 4.78 is 13.8. The molecule has 6 rings (SSSR count). The smallest absolute Gasteiger partial charge is 0.256 e. The van der Waals surface area contributed by atoms with Crippen LogP contribution in [0.4, 0.5) is 5.69 Å². The molecule has 0 spiro atoms. The van der Waals surface area contributed by atoms with Gasteiger partial charge in [-0.05, 0) is 66.8 Å². The van der Waals surface area contributed by atoms with E-state index >= 15 is 0 Å². The van der Waals surface area contributed by atoms with Crippen molar-refractivity contribution in [1.29, 1.82) is 0 Å². The van der Waals surface area contributed by atoms with E-state index in [2.05, 4.69) is 118 Å². The zero-order chi connectivity index (χ0) is 34.2. The van der Waals surface area contributed by atoms with Crippen LogP contribution >= 0.6 is 11.6 Å². The maximum absolute atomic E-state index is 13.6. The second-order valence-corrected chi connectivity index (χ2v) is 12.8. The number of rotatable bonds is 12. The molecule has 0 bridgehead atoms. The summed E-state index contributed by atoms with van der Waals surface area (Å²) in [6, 6.07) is 39.7. The van der Waals surface area contributed by atoms with Gasteiger partial charge in [-0.3, -0.25) is 9.69 Å². The van der Waals surface area contributed by atoms with Gasteiger partial charge in [0.1, 0.15) is 17.7 Å². The monoisotopic (exact) mass is 675 g/mol. The number of nitrogens with two attached hydrogens (primary N) is 1. The van der Waals surface area contributed by atoms with E-state index in [-0.39, 0.29) is 28.9 Å². The second kappa shape index (κ2) is 16.1. The molecule has 1 aliphatic rings. The van der Waals surface area contributed by atoms with Crippen LogP contribution in [0.2, 0.25) is 5.02 Å². The minimum atomic E-state index is -0.287. The number of piperidine rings is 1. The molecule has 1 amide bonds. The van der Waals surface area contributed by atoms with Crippen LogP contribution in [0.15, 0.2) is 115 Å². The molecule has 3 N–H and O–H groups in total. The number of aromatic nitrogens is 1. The summed E-state index contributed by atoms with van der Waals surface area (Å²) >= 11 is 6.38. The molecule has 1 fully saturated rings. The molecule has 8 heteroatoms. The molecule has 252 valence electrons. The van der Waals surface area contributed by atoms with Gasteiger partial charge in [-0.2, -0.15) is 4.57 Å². The largest absolute Gasteiger partial charge is 0.494 e. The predicted molar refractivity (Wildman–Crippen MR) is 197 cm³/mol. The molecule has 2 unspecified atom stereocenters. The number of hydrogen-bond acceptors (Lipinski definition) is 5. The van der Waals surface area contributed by atoms with Gasteiger partial charge in [0.2, 0.25) is 11.4 Å². The fraction of sp³-hybridized carbons (Fsp3) is 0.268. The zero-order valence-corrected chi connectivity index (χ0v) is 28.9. The number of carbonyl (C=O) groups is 1. The van der Waals surface area contributed by atoms with Crippen LogP contribution in [-0.2, 0) is 11.3 Å². The van der Waals surface area contributed by atoms with E-state index in [4.69, 9.17) is 26.8 Å². The van der Waals surface area contributed by atoms with E-state index in [1.54, 1.807) is 19.2 Å². The highest BCUT2D eigenvalue weighted by molar-refractivity contribution is 6.35. The minimum absolute atomic E-state index is 0.137. The first-order valence-electron chi connectivity index (χ1n) is 16.9. The molecule has 7 nitrogen and oxygen atoms in total. The van der Waals surface area contributed by atoms with Crippen LogP contribution in [-0.4, -0.2) is 50.4 Å². The van der Waals surface area contributed by atoms with Crippen molar-refractivity contribution >= 4 is 23.2 Å². The van der Waals surface area contributed by atoms with Crippen molar-refractivity contribution in [2.75, 3.05) is 33.0 Å². The van der Waals surface area contributed by atoms with E-state index in [9.17, 15) is 4.79 Å². The molecular weight excluding hydrogens is 632 g/mol. The van der Waals surface area contributed by atoms with Gasteiger partial charge >= 0.3 is 0 Å².